The Labute approximate surface area is 138 Å². The summed E-state index contributed by atoms with van der Waals surface area (Å²) in [5.74, 6) is 1.59. The van der Waals surface area contributed by atoms with Crippen LogP contribution >= 0.6 is 0 Å². The van der Waals surface area contributed by atoms with Gasteiger partial charge in [-0.1, -0.05) is 12.1 Å². The van der Waals surface area contributed by atoms with E-state index in [-0.39, 0.29) is 0 Å². The maximum absolute atomic E-state index is 4.56. The van der Waals surface area contributed by atoms with E-state index in [1.165, 1.54) is 0 Å². The van der Waals surface area contributed by atoms with Crippen LogP contribution in [0.3, 0.4) is 0 Å². The Hall–Kier alpha value is -3.54. The van der Waals surface area contributed by atoms with Crippen LogP contribution in [-0.2, 0) is 0 Å². The topological polar surface area (TPSA) is 77.3 Å². The van der Waals surface area contributed by atoms with Crippen LogP contribution in [0.4, 0.5) is 0 Å². The van der Waals surface area contributed by atoms with Crippen LogP contribution in [0.5, 0.6) is 0 Å². The molecule has 0 amide bonds. The summed E-state index contributed by atoms with van der Waals surface area (Å²) < 4.78 is 0. The van der Waals surface area contributed by atoms with E-state index >= 15 is 0 Å². The van der Waals surface area contributed by atoms with Gasteiger partial charge in [0.15, 0.2) is 17.5 Å². The molecule has 0 atom stereocenters. The molecule has 6 nitrogen and oxygen atoms in total. The molecule has 0 aliphatic heterocycles. The van der Waals surface area contributed by atoms with E-state index in [2.05, 4.69) is 29.9 Å². The molecular weight excluding hydrogens is 300 g/mol. The van der Waals surface area contributed by atoms with Gasteiger partial charge in [-0.15, -0.1) is 0 Å². The molecule has 114 valence electrons. The Kier molecular flexibility index (Phi) is 3.69. The van der Waals surface area contributed by atoms with Gasteiger partial charge in [0.1, 0.15) is 11.4 Å². The highest BCUT2D eigenvalue weighted by molar-refractivity contribution is 5.62. The van der Waals surface area contributed by atoms with Crippen LogP contribution in [0.15, 0.2) is 73.3 Å². The Balaban J connectivity index is 1.92. The van der Waals surface area contributed by atoms with Gasteiger partial charge < -0.3 is 0 Å². The van der Waals surface area contributed by atoms with E-state index in [0.29, 0.717) is 28.9 Å². The van der Waals surface area contributed by atoms with E-state index in [9.17, 15) is 0 Å². The van der Waals surface area contributed by atoms with Crippen molar-refractivity contribution in [3.8, 4) is 34.4 Å². The van der Waals surface area contributed by atoms with Gasteiger partial charge in [-0.3, -0.25) is 15.0 Å². The second kappa shape index (κ2) is 6.29. The van der Waals surface area contributed by atoms with Gasteiger partial charge >= 0.3 is 0 Å². The second-order valence-electron chi connectivity index (χ2n) is 4.97. The van der Waals surface area contributed by atoms with Gasteiger partial charge in [0.05, 0.1) is 0 Å². The summed E-state index contributed by atoms with van der Waals surface area (Å²) in [6, 6.07) is 15.0. The first kappa shape index (κ1) is 14.1. The predicted octanol–water partition coefficient (Wildman–Crippen LogP) is 3.06. The lowest BCUT2D eigenvalue weighted by Crippen LogP contribution is -2.01. The number of nitrogens with zero attached hydrogens (tertiary/aromatic N) is 6. The van der Waals surface area contributed by atoms with Crippen LogP contribution in [0.1, 0.15) is 0 Å². The van der Waals surface area contributed by atoms with Crippen LogP contribution in [0, 0.1) is 0 Å². The largest absolute Gasteiger partial charge is 0.265 e. The van der Waals surface area contributed by atoms with Crippen molar-refractivity contribution < 1.29 is 0 Å². The molecule has 0 radical (unpaired) electrons. The molecule has 0 N–H and O–H groups in total. The monoisotopic (exact) mass is 312 g/mol. The van der Waals surface area contributed by atoms with E-state index in [4.69, 9.17) is 0 Å². The third-order valence-corrected chi connectivity index (χ3v) is 3.36. The van der Waals surface area contributed by atoms with Crippen molar-refractivity contribution in [3.05, 3.63) is 73.3 Å². The van der Waals surface area contributed by atoms with Gasteiger partial charge in [0.2, 0.25) is 0 Å². The lowest BCUT2D eigenvalue weighted by Gasteiger charge is -2.06. The van der Waals surface area contributed by atoms with E-state index in [1.54, 1.807) is 24.8 Å². The molecule has 0 unspecified atom stereocenters. The summed E-state index contributed by atoms with van der Waals surface area (Å²) in [6.07, 6.45) is 6.84. The zero-order valence-electron chi connectivity index (χ0n) is 12.6. The summed E-state index contributed by atoms with van der Waals surface area (Å²) in [5, 5.41) is 0. The fourth-order valence-electron chi connectivity index (χ4n) is 2.23. The van der Waals surface area contributed by atoms with Crippen molar-refractivity contribution in [1.29, 1.82) is 0 Å². The molecule has 24 heavy (non-hydrogen) atoms. The van der Waals surface area contributed by atoms with E-state index in [1.807, 2.05) is 48.5 Å². The molecule has 0 aliphatic carbocycles. The highest BCUT2D eigenvalue weighted by atomic mass is 15.1. The van der Waals surface area contributed by atoms with Crippen LogP contribution in [-0.4, -0.2) is 29.9 Å². The molecule has 4 aromatic heterocycles. The van der Waals surface area contributed by atoms with E-state index < -0.39 is 0 Å². The first-order valence-electron chi connectivity index (χ1n) is 7.39. The van der Waals surface area contributed by atoms with Crippen molar-refractivity contribution >= 4 is 0 Å². The minimum atomic E-state index is 0.512. The maximum atomic E-state index is 4.56. The number of hydrogen-bond donors (Lipinski definition) is 0. The Morgan fingerprint density at radius 1 is 0.500 bits per heavy atom. The molecule has 0 saturated heterocycles. The zero-order valence-corrected chi connectivity index (χ0v) is 12.6. The molecule has 0 fully saturated rings. The summed E-state index contributed by atoms with van der Waals surface area (Å²) in [6.45, 7) is 0. The van der Waals surface area contributed by atoms with Gasteiger partial charge in [-0.2, -0.15) is 0 Å². The molecule has 0 spiro atoms. The highest BCUT2D eigenvalue weighted by Gasteiger charge is 2.12. The van der Waals surface area contributed by atoms with Crippen molar-refractivity contribution in [1.82, 2.24) is 29.9 Å². The average Bonchev–Trinajstić information content (AvgIpc) is 2.70. The third kappa shape index (κ3) is 2.85. The molecule has 4 rings (SSSR count). The highest BCUT2D eigenvalue weighted by Crippen LogP contribution is 2.21. The van der Waals surface area contributed by atoms with Gasteiger partial charge in [-0.05, 0) is 36.4 Å². The summed E-state index contributed by atoms with van der Waals surface area (Å²) in [7, 11) is 0. The molecule has 0 bridgehead atoms. The zero-order chi connectivity index (χ0) is 16.2. The first-order valence-corrected chi connectivity index (χ1v) is 7.39. The summed E-state index contributed by atoms with van der Waals surface area (Å²) >= 11 is 0. The lowest BCUT2D eigenvalue weighted by atomic mass is 10.2. The molecule has 6 heteroatoms. The third-order valence-electron chi connectivity index (χ3n) is 3.36. The Morgan fingerprint density at radius 2 is 1.04 bits per heavy atom. The summed E-state index contributed by atoms with van der Waals surface area (Å²) in [4.78, 5) is 26.4. The van der Waals surface area contributed by atoms with Crippen molar-refractivity contribution in [2.24, 2.45) is 0 Å². The number of hydrogen-bond acceptors (Lipinski definition) is 6. The fraction of sp³-hybridized carbons (Fsp3) is 0. The lowest BCUT2D eigenvalue weighted by molar-refractivity contribution is 1.04. The minimum absolute atomic E-state index is 0.512. The van der Waals surface area contributed by atoms with E-state index in [0.717, 1.165) is 5.56 Å². The van der Waals surface area contributed by atoms with Crippen molar-refractivity contribution in [3.63, 3.8) is 0 Å². The molecule has 0 aromatic carbocycles. The molecule has 0 saturated carbocycles. The normalized spacial score (nSPS) is 10.5. The van der Waals surface area contributed by atoms with Gasteiger partial charge in [-0.25, -0.2) is 15.0 Å². The maximum Gasteiger partial charge on any atom is 0.182 e. The van der Waals surface area contributed by atoms with Crippen LogP contribution in [0.25, 0.3) is 34.4 Å². The van der Waals surface area contributed by atoms with Crippen molar-refractivity contribution in [2.45, 2.75) is 0 Å². The summed E-state index contributed by atoms with van der Waals surface area (Å²) in [5.41, 5.74) is 2.24. The predicted molar refractivity (Wildman–Crippen MR) is 89.5 cm³/mol. The Morgan fingerprint density at radius 3 is 1.54 bits per heavy atom. The molecular formula is C18H12N6. The second-order valence-corrected chi connectivity index (χ2v) is 4.97. The SMILES string of the molecule is c1ccc(-c2nc(-c3ccncc3)nc(-c3ccccn3)n2)nc1. The quantitative estimate of drug-likeness (QED) is 0.578. The fourth-order valence-corrected chi connectivity index (χ4v) is 2.23. The Bertz CT molecular complexity index is 803. The van der Waals surface area contributed by atoms with Gasteiger partial charge in [0.25, 0.3) is 0 Å². The van der Waals surface area contributed by atoms with Crippen LogP contribution in [0.2, 0.25) is 0 Å². The minimum Gasteiger partial charge on any atom is -0.265 e. The number of pyridine rings is 3. The van der Waals surface area contributed by atoms with Gasteiger partial charge in [0, 0.05) is 30.4 Å². The molecule has 0 aliphatic rings. The standard InChI is InChI=1S/C18H12N6/c1-3-9-20-14(5-1)17-22-16(13-7-11-19-12-8-13)23-18(24-17)15-6-2-4-10-21-15/h1-12H. The number of rotatable bonds is 3. The van der Waals surface area contributed by atoms with Crippen LogP contribution < -0.4 is 0 Å². The number of aromatic nitrogens is 6. The molecule has 4 aromatic rings. The molecule has 4 heterocycles. The first-order chi connectivity index (χ1) is 11.9. The van der Waals surface area contributed by atoms with Crippen molar-refractivity contribution in [2.75, 3.05) is 0 Å². The average molecular weight is 312 g/mol. The smallest absolute Gasteiger partial charge is 0.182 e.